The number of aromatic nitrogens is 2. The largest absolute Gasteiger partial charge is 0.465 e. The first-order chi connectivity index (χ1) is 13.8. The summed E-state index contributed by atoms with van der Waals surface area (Å²) in [7, 11) is 1.84. The number of aryl methyl sites for hydroxylation is 1. The second-order valence-electron chi connectivity index (χ2n) is 8.01. The molecule has 29 heavy (non-hydrogen) atoms. The summed E-state index contributed by atoms with van der Waals surface area (Å²) >= 11 is 0. The summed E-state index contributed by atoms with van der Waals surface area (Å²) in [6, 6.07) is 6.09. The minimum absolute atomic E-state index is 0.0372. The highest BCUT2D eigenvalue weighted by atomic mass is 16.4. The Morgan fingerprint density at radius 2 is 1.90 bits per heavy atom. The standard InChI is InChI=1S/C20H25N5O4/c1-11-9-24(20(28)29)10-12(2)25(11)13-4-5-14-16(8-13)23(3)22-18(14)15-6-7-17(26)21-19(15)27/h4-5,8,11-12,15H,6-7,9-10H2,1-3H3,(H,28,29)(H,21,26,27)/t11-,12-,15?/m1/s1. The fraction of sp³-hybridized carbons (Fsp3) is 0.500. The van der Waals surface area contributed by atoms with Gasteiger partial charge in [0.15, 0.2) is 0 Å². The van der Waals surface area contributed by atoms with Gasteiger partial charge in [0.05, 0.1) is 17.1 Å². The van der Waals surface area contributed by atoms with Gasteiger partial charge in [0.2, 0.25) is 11.8 Å². The molecule has 3 heterocycles. The van der Waals surface area contributed by atoms with E-state index >= 15 is 0 Å². The molecule has 1 aromatic heterocycles. The molecule has 0 spiro atoms. The molecule has 0 radical (unpaired) electrons. The van der Waals surface area contributed by atoms with Crippen LogP contribution in [0.2, 0.25) is 0 Å². The van der Waals surface area contributed by atoms with E-state index in [1.807, 2.05) is 39.1 Å². The summed E-state index contributed by atoms with van der Waals surface area (Å²) in [5.74, 6) is -0.964. The first-order valence-corrected chi connectivity index (χ1v) is 9.82. The molecule has 2 aliphatic rings. The predicted octanol–water partition coefficient (Wildman–Crippen LogP) is 1.67. The summed E-state index contributed by atoms with van der Waals surface area (Å²) in [5.41, 5.74) is 2.60. The maximum absolute atomic E-state index is 12.3. The molecule has 3 atom stereocenters. The first-order valence-electron chi connectivity index (χ1n) is 9.82. The van der Waals surface area contributed by atoms with Crippen LogP contribution in [-0.4, -0.2) is 62.9 Å². The number of hydrogen-bond donors (Lipinski definition) is 2. The van der Waals surface area contributed by atoms with Crippen molar-refractivity contribution < 1.29 is 19.5 Å². The van der Waals surface area contributed by atoms with Gasteiger partial charge in [-0.25, -0.2) is 4.79 Å². The second-order valence-corrected chi connectivity index (χ2v) is 8.01. The maximum Gasteiger partial charge on any atom is 0.407 e. The van der Waals surface area contributed by atoms with E-state index in [1.54, 1.807) is 4.68 Å². The Morgan fingerprint density at radius 3 is 2.52 bits per heavy atom. The minimum atomic E-state index is -0.890. The Morgan fingerprint density at radius 1 is 1.21 bits per heavy atom. The van der Waals surface area contributed by atoms with Gasteiger partial charge in [-0.2, -0.15) is 5.10 Å². The van der Waals surface area contributed by atoms with Gasteiger partial charge in [0, 0.05) is 49.7 Å². The number of carbonyl (C=O) groups excluding carboxylic acids is 2. The van der Waals surface area contributed by atoms with Gasteiger partial charge < -0.3 is 14.9 Å². The monoisotopic (exact) mass is 399 g/mol. The molecule has 3 amide bonds. The second kappa shape index (κ2) is 7.06. The van der Waals surface area contributed by atoms with Crippen molar-refractivity contribution in [2.45, 2.75) is 44.7 Å². The average molecular weight is 399 g/mol. The van der Waals surface area contributed by atoms with Crippen molar-refractivity contribution in [2.75, 3.05) is 18.0 Å². The molecule has 2 aliphatic heterocycles. The number of hydrogen-bond acceptors (Lipinski definition) is 5. The van der Waals surface area contributed by atoms with Crippen molar-refractivity contribution in [1.29, 1.82) is 0 Å². The molecule has 0 saturated carbocycles. The van der Waals surface area contributed by atoms with Gasteiger partial charge in [-0.05, 0) is 38.5 Å². The summed E-state index contributed by atoms with van der Waals surface area (Å²) in [6.45, 7) is 4.94. The molecule has 2 fully saturated rings. The zero-order chi connectivity index (χ0) is 20.9. The quantitative estimate of drug-likeness (QED) is 0.744. The Kier molecular flexibility index (Phi) is 4.68. The fourth-order valence-electron chi connectivity index (χ4n) is 4.63. The third-order valence-corrected chi connectivity index (χ3v) is 5.92. The lowest BCUT2D eigenvalue weighted by atomic mass is 9.92. The fourth-order valence-corrected chi connectivity index (χ4v) is 4.63. The number of nitrogens with one attached hydrogen (secondary N) is 1. The van der Waals surface area contributed by atoms with E-state index in [0.29, 0.717) is 31.6 Å². The Balaban J connectivity index is 1.67. The molecule has 2 aromatic rings. The normalized spacial score (nSPS) is 25.4. The van der Waals surface area contributed by atoms with Crippen molar-refractivity contribution in [3.8, 4) is 0 Å². The SMILES string of the molecule is C[C@@H]1CN(C(=O)O)C[C@@H](C)N1c1ccc2c(C3CCC(=O)NC3=O)nn(C)c2c1. The highest BCUT2D eigenvalue weighted by Gasteiger charge is 2.34. The van der Waals surface area contributed by atoms with Crippen LogP contribution >= 0.6 is 0 Å². The molecule has 0 aliphatic carbocycles. The van der Waals surface area contributed by atoms with Crippen LogP contribution in [0.25, 0.3) is 10.9 Å². The van der Waals surface area contributed by atoms with Crippen molar-refractivity contribution in [2.24, 2.45) is 7.05 Å². The smallest absolute Gasteiger partial charge is 0.407 e. The van der Waals surface area contributed by atoms with E-state index in [4.69, 9.17) is 0 Å². The predicted molar refractivity (Wildman–Crippen MR) is 107 cm³/mol. The lowest BCUT2D eigenvalue weighted by Crippen LogP contribution is -2.58. The molecule has 9 heteroatoms. The van der Waals surface area contributed by atoms with Gasteiger partial charge in [-0.1, -0.05) is 0 Å². The summed E-state index contributed by atoms with van der Waals surface area (Å²) in [4.78, 5) is 38.8. The lowest BCUT2D eigenvalue weighted by molar-refractivity contribution is -0.134. The number of carbonyl (C=O) groups is 3. The number of amides is 3. The maximum atomic E-state index is 12.3. The number of carboxylic acid groups (broad SMARTS) is 1. The van der Waals surface area contributed by atoms with Crippen molar-refractivity contribution >= 4 is 34.5 Å². The van der Waals surface area contributed by atoms with E-state index in [1.165, 1.54) is 4.90 Å². The molecule has 154 valence electrons. The van der Waals surface area contributed by atoms with E-state index in [-0.39, 0.29) is 23.9 Å². The van der Waals surface area contributed by atoms with E-state index in [0.717, 1.165) is 16.6 Å². The highest BCUT2D eigenvalue weighted by molar-refractivity contribution is 6.02. The van der Waals surface area contributed by atoms with E-state index < -0.39 is 12.0 Å². The number of piperazine rings is 1. The van der Waals surface area contributed by atoms with Gasteiger partial charge in [-0.3, -0.25) is 19.6 Å². The number of piperidine rings is 1. The van der Waals surface area contributed by atoms with Crippen LogP contribution < -0.4 is 10.2 Å². The molecular formula is C20H25N5O4. The highest BCUT2D eigenvalue weighted by Crippen LogP contribution is 2.33. The number of rotatable bonds is 2. The number of fused-ring (bicyclic) bond motifs is 1. The van der Waals surface area contributed by atoms with Crippen LogP contribution in [0.5, 0.6) is 0 Å². The van der Waals surface area contributed by atoms with Crippen LogP contribution in [0, 0.1) is 0 Å². The Labute approximate surface area is 168 Å². The van der Waals surface area contributed by atoms with Gasteiger partial charge in [0.1, 0.15) is 0 Å². The summed E-state index contributed by atoms with van der Waals surface area (Å²) < 4.78 is 1.76. The zero-order valence-electron chi connectivity index (χ0n) is 16.8. The third kappa shape index (κ3) is 3.30. The van der Waals surface area contributed by atoms with Crippen molar-refractivity contribution in [1.82, 2.24) is 20.0 Å². The van der Waals surface area contributed by atoms with E-state index in [2.05, 4.69) is 15.3 Å². The first kappa shape index (κ1) is 19.2. The number of nitrogens with zero attached hydrogens (tertiary/aromatic N) is 4. The minimum Gasteiger partial charge on any atom is -0.465 e. The topological polar surface area (TPSA) is 108 Å². The Hall–Kier alpha value is -3.10. The number of imide groups is 1. The molecule has 4 rings (SSSR count). The molecule has 2 N–H and O–H groups in total. The number of anilines is 1. The molecule has 2 saturated heterocycles. The molecule has 9 nitrogen and oxygen atoms in total. The van der Waals surface area contributed by atoms with Crippen LogP contribution in [0.3, 0.4) is 0 Å². The van der Waals surface area contributed by atoms with Crippen molar-refractivity contribution in [3.63, 3.8) is 0 Å². The molecule has 1 unspecified atom stereocenters. The zero-order valence-corrected chi connectivity index (χ0v) is 16.8. The van der Waals surface area contributed by atoms with Crippen LogP contribution in [0.1, 0.15) is 38.3 Å². The number of benzene rings is 1. The third-order valence-electron chi connectivity index (χ3n) is 5.92. The molecular weight excluding hydrogens is 374 g/mol. The van der Waals surface area contributed by atoms with Crippen LogP contribution in [-0.2, 0) is 16.6 Å². The van der Waals surface area contributed by atoms with E-state index in [9.17, 15) is 19.5 Å². The summed E-state index contributed by atoms with van der Waals surface area (Å²) in [5, 5.41) is 17.2. The van der Waals surface area contributed by atoms with Gasteiger partial charge in [0.25, 0.3) is 0 Å². The van der Waals surface area contributed by atoms with Gasteiger partial charge >= 0.3 is 6.09 Å². The lowest BCUT2D eigenvalue weighted by Gasteiger charge is -2.45. The van der Waals surface area contributed by atoms with Gasteiger partial charge in [-0.15, -0.1) is 0 Å². The average Bonchev–Trinajstić information content (AvgIpc) is 2.97. The van der Waals surface area contributed by atoms with Crippen LogP contribution in [0.4, 0.5) is 10.5 Å². The summed E-state index contributed by atoms with van der Waals surface area (Å²) in [6.07, 6.45) is -0.113. The molecule has 0 bridgehead atoms. The van der Waals surface area contributed by atoms with Crippen molar-refractivity contribution in [3.05, 3.63) is 23.9 Å². The molecule has 1 aromatic carbocycles. The van der Waals surface area contributed by atoms with Crippen LogP contribution in [0.15, 0.2) is 18.2 Å². The Bertz CT molecular complexity index is 988.